The lowest BCUT2D eigenvalue weighted by atomic mass is 9.79. The summed E-state index contributed by atoms with van der Waals surface area (Å²) in [4.78, 5) is 14.3. The monoisotopic (exact) mass is 248 g/mol. The molecule has 1 spiro atoms. The van der Waals surface area contributed by atoms with E-state index in [-0.39, 0.29) is 17.1 Å². The summed E-state index contributed by atoms with van der Waals surface area (Å²) in [5.74, 6) is -0.136. The van der Waals surface area contributed by atoms with E-state index in [4.69, 9.17) is 0 Å². The summed E-state index contributed by atoms with van der Waals surface area (Å²) in [7, 11) is 0. The normalized spacial score (nSPS) is 28.1. The fourth-order valence-electron chi connectivity index (χ4n) is 3.07. The molecule has 4 heteroatoms. The van der Waals surface area contributed by atoms with Crippen molar-refractivity contribution in [2.45, 2.75) is 19.3 Å². The quantitative estimate of drug-likeness (QED) is 0.823. The number of rotatable bonds is 1. The predicted octanol–water partition coefficient (Wildman–Crippen LogP) is 1.93. The molecular formula is C14H17FN2O. The van der Waals surface area contributed by atoms with Gasteiger partial charge in [-0.3, -0.25) is 4.79 Å². The highest BCUT2D eigenvalue weighted by molar-refractivity contribution is 6.00. The zero-order chi connectivity index (χ0) is 12.6. The maximum atomic E-state index is 13.2. The minimum absolute atomic E-state index is 0.153. The molecule has 1 aromatic carbocycles. The Morgan fingerprint density at radius 2 is 2.22 bits per heavy atom. The van der Waals surface area contributed by atoms with Crippen molar-refractivity contribution in [2.24, 2.45) is 5.41 Å². The van der Waals surface area contributed by atoms with Gasteiger partial charge in [-0.15, -0.1) is 0 Å². The number of carbonyl (C=O) groups is 1. The standard InChI is InChI=1S/C14H17FN2O/c15-11-3-1-4-12(9-11)17-8-6-14(13(17)18)5-2-7-16-10-14/h1,3-4,9,16H,2,5-8,10H2/t14-/m0/s1. The van der Waals surface area contributed by atoms with Crippen molar-refractivity contribution >= 4 is 11.6 Å². The molecule has 18 heavy (non-hydrogen) atoms. The molecule has 0 aliphatic carbocycles. The maximum Gasteiger partial charge on any atom is 0.234 e. The van der Waals surface area contributed by atoms with Gasteiger partial charge in [-0.05, 0) is 44.0 Å². The van der Waals surface area contributed by atoms with Gasteiger partial charge in [0, 0.05) is 18.8 Å². The van der Waals surface area contributed by atoms with Crippen LogP contribution in [0, 0.1) is 11.2 Å². The van der Waals surface area contributed by atoms with Crippen LogP contribution in [0.5, 0.6) is 0 Å². The molecule has 1 N–H and O–H groups in total. The van der Waals surface area contributed by atoms with Gasteiger partial charge in [0.15, 0.2) is 0 Å². The van der Waals surface area contributed by atoms with Gasteiger partial charge in [-0.1, -0.05) is 6.07 Å². The summed E-state index contributed by atoms with van der Waals surface area (Å²) in [5, 5.41) is 3.31. The Bertz CT molecular complexity index is 469. The van der Waals surface area contributed by atoms with Crippen LogP contribution >= 0.6 is 0 Å². The third-order valence-corrected chi connectivity index (χ3v) is 4.10. The van der Waals surface area contributed by atoms with Crippen LogP contribution in [0.2, 0.25) is 0 Å². The van der Waals surface area contributed by atoms with E-state index in [9.17, 15) is 9.18 Å². The first kappa shape index (κ1) is 11.7. The van der Waals surface area contributed by atoms with E-state index in [0.717, 1.165) is 32.4 Å². The summed E-state index contributed by atoms with van der Waals surface area (Å²) < 4.78 is 13.2. The molecule has 2 aliphatic rings. The first-order chi connectivity index (χ1) is 8.71. The maximum absolute atomic E-state index is 13.2. The molecule has 0 unspecified atom stereocenters. The van der Waals surface area contributed by atoms with Crippen LogP contribution < -0.4 is 10.2 Å². The molecule has 2 heterocycles. The van der Waals surface area contributed by atoms with E-state index in [1.807, 2.05) is 0 Å². The first-order valence-electron chi connectivity index (χ1n) is 6.50. The van der Waals surface area contributed by atoms with E-state index in [2.05, 4.69) is 5.32 Å². The number of nitrogens with one attached hydrogen (secondary N) is 1. The van der Waals surface area contributed by atoms with Gasteiger partial charge >= 0.3 is 0 Å². The molecule has 1 amide bonds. The van der Waals surface area contributed by atoms with Crippen LogP contribution in [0.4, 0.5) is 10.1 Å². The van der Waals surface area contributed by atoms with E-state index < -0.39 is 0 Å². The second-order valence-corrected chi connectivity index (χ2v) is 5.25. The molecule has 0 radical (unpaired) electrons. The largest absolute Gasteiger partial charge is 0.316 e. The molecule has 0 saturated carbocycles. The summed E-state index contributed by atoms with van der Waals surface area (Å²) in [6, 6.07) is 6.30. The van der Waals surface area contributed by atoms with Gasteiger partial charge in [-0.25, -0.2) is 4.39 Å². The second-order valence-electron chi connectivity index (χ2n) is 5.25. The van der Waals surface area contributed by atoms with Crippen LogP contribution in [-0.2, 0) is 4.79 Å². The van der Waals surface area contributed by atoms with Gasteiger partial charge in [-0.2, -0.15) is 0 Å². The Balaban J connectivity index is 1.86. The predicted molar refractivity (Wildman–Crippen MR) is 67.9 cm³/mol. The third-order valence-electron chi connectivity index (χ3n) is 4.10. The summed E-state index contributed by atoms with van der Waals surface area (Å²) in [5.41, 5.74) is 0.437. The number of piperidine rings is 1. The van der Waals surface area contributed by atoms with Crippen molar-refractivity contribution in [2.75, 3.05) is 24.5 Å². The van der Waals surface area contributed by atoms with Crippen molar-refractivity contribution in [3.63, 3.8) is 0 Å². The van der Waals surface area contributed by atoms with Crippen LogP contribution in [0.15, 0.2) is 24.3 Å². The van der Waals surface area contributed by atoms with E-state index in [0.29, 0.717) is 12.2 Å². The number of benzene rings is 1. The highest BCUT2D eigenvalue weighted by Crippen LogP contribution is 2.39. The number of hydrogen-bond donors (Lipinski definition) is 1. The highest BCUT2D eigenvalue weighted by Gasteiger charge is 2.47. The number of halogens is 1. The SMILES string of the molecule is O=C1N(c2cccc(F)c2)CC[C@]12CCCNC2. The Hall–Kier alpha value is -1.42. The lowest BCUT2D eigenvalue weighted by molar-refractivity contribution is -0.126. The number of carbonyl (C=O) groups excluding carboxylic acids is 1. The van der Waals surface area contributed by atoms with Crippen molar-refractivity contribution in [3.05, 3.63) is 30.1 Å². The van der Waals surface area contributed by atoms with Crippen LogP contribution in [-0.4, -0.2) is 25.5 Å². The molecular weight excluding hydrogens is 231 g/mol. The summed E-state index contributed by atoms with van der Waals surface area (Å²) in [6.45, 7) is 2.45. The summed E-state index contributed by atoms with van der Waals surface area (Å²) in [6.07, 6.45) is 2.86. The van der Waals surface area contributed by atoms with Gasteiger partial charge in [0.05, 0.1) is 5.41 Å². The lowest BCUT2D eigenvalue weighted by Gasteiger charge is -2.32. The van der Waals surface area contributed by atoms with Crippen molar-refractivity contribution in [1.29, 1.82) is 0 Å². The second kappa shape index (κ2) is 4.35. The van der Waals surface area contributed by atoms with Gasteiger partial charge < -0.3 is 10.2 Å². The van der Waals surface area contributed by atoms with Gasteiger partial charge in [0.25, 0.3) is 0 Å². The number of nitrogens with zero attached hydrogens (tertiary/aromatic N) is 1. The molecule has 96 valence electrons. The van der Waals surface area contributed by atoms with Crippen LogP contribution in [0.1, 0.15) is 19.3 Å². The number of hydrogen-bond acceptors (Lipinski definition) is 2. The Morgan fingerprint density at radius 3 is 2.94 bits per heavy atom. The lowest BCUT2D eigenvalue weighted by Crippen LogP contribution is -2.45. The Labute approximate surface area is 106 Å². The smallest absolute Gasteiger partial charge is 0.234 e. The molecule has 2 saturated heterocycles. The Morgan fingerprint density at radius 1 is 1.33 bits per heavy atom. The summed E-state index contributed by atoms with van der Waals surface area (Å²) >= 11 is 0. The topological polar surface area (TPSA) is 32.3 Å². The van der Waals surface area contributed by atoms with Crippen LogP contribution in [0.25, 0.3) is 0 Å². The molecule has 0 bridgehead atoms. The fourth-order valence-corrected chi connectivity index (χ4v) is 3.07. The Kier molecular flexibility index (Phi) is 2.82. The van der Waals surface area contributed by atoms with Crippen molar-refractivity contribution < 1.29 is 9.18 Å². The highest BCUT2D eigenvalue weighted by atomic mass is 19.1. The molecule has 3 nitrogen and oxygen atoms in total. The number of anilines is 1. The van der Waals surface area contributed by atoms with E-state index in [1.54, 1.807) is 17.0 Å². The average Bonchev–Trinajstić information content (AvgIpc) is 2.68. The van der Waals surface area contributed by atoms with Crippen LogP contribution in [0.3, 0.4) is 0 Å². The van der Waals surface area contributed by atoms with Gasteiger partial charge in [0.1, 0.15) is 5.82 Å². The molecule has 1 atom stereocenters. The first-order valence-corrected chi connectivity index (χ1v) is 6.50. The number of amides is 1. The minimum Gasteiger partial charge on any atom is -0.316 e. The van der Waals surface area contributed by atoms with Crippen molar-refractivity contribution in [1.82, 2.24) is 5.32 Å². The molecule has 2 aliphatic heterocycles. The average molecular weight is 248 g/mol. The fraction of sp³-hybridized carbons (Fsp3) is 0.500. The zero-order valence-electron chi connectivity index (χ0n) is 10.3. The minimum atomic E-state index is -0.289. The van der Waals surface area contributed by atoms with E-state index >= 15 is 0 Å². The third kappa shape index (κ3) is 1.81. The molecule has 2 fully saturated rings. The van der Waals surface area contributed by atoms with Gasteiger partial charge in [0.2, 0.25) is 5.91 Å². The molecule has 0 aromatic heterocycles. The van der Waals surface area contributed by atoms with Crippen molar-refractivity contribution in [3.8, 4) is 0 Å². The molecule has 1 aromatic rings. The zero-order valence-corrected chi connectivity index (χ0v) is 10.3. The van der Waals surface area contributed by atoms with E-state index in [1.165, 1.54) is 12.1 Å². The molecule has 3 rings (SSSR count).